The summed E-state index contributed by atoms with van der Waals surface area (Å²) in [5, 5.41) is 3.87. The van der Waals surface area contributed by atoms with E-state index in [4.69, 9.17) is 10.3 Å². The van der Waals surface area contributed by atoms with Gasteiger partial charge in [-0.05, 0) is 36.1 Å². The van der Waals surface area contributed by atoms with E-state index in [9.17, 15) is 4.39 Å². The normalized spacial score (nSPS) is 12.6. The van der Waals surface area contributed by atoms with Gasteiger partial charge in [0.1, 0.15) is 5.82 Å². The highest BCUT2D eigenvalue weighted by Gasteiger charge is 2.14. The number of nitrogens with two attached hydrogens (primary N) is 1. The van der Waals surface area contributed by atoms with Crippen molar-refractivity contribution < 1.29 is 8.91 Å². The maximum Gasteiger partial charge on any atom is 0.243 e. The molecule has 2 aromatic rings. The lowest BCUT2D eigenvalue weighted by molar-refractivity contribution is 0.349. The highest BCUT2D eigenvalue weighted by Crippen LogP contribution is 2.15. The Balaban J connectivity index is 2.01. The van der Waals surface area contributed by atoms with Crippen LogP contribution in [0.1, 0.15) is 29.7 Å². The number of aromatic nitrogens is 2. The summed E-state index contributed by atoms with van der Waals surface area (Å²) in [6.07, 6.45) is 3.26. The van der Waals surface area contributed by atoms with Crippen LogP contribution < -0.4 is 5.73 Å². The summed E-state index contributed by atoms with van der Waals surface area (Å²) in [7, 11) is 0. The number of benzene rings is 1. The summed E-state index contributed by atoms with van der Waals surface area (Å²) in [5.41, 5.74) is 6.75. The second-order valence-corrected chi connectivity index (χ2v) is 5.23. The van der Waals surface area contributed by atoms with Crippen LogP contribution in [0.4, 0.5) is 4.39 Å². The molecule has 0 bridgehead atoms. The van der Waals surface area contributed by atoms with Crippen LogP contribution in [0.3, 0.4) is 0 Å². The molecule has 19 heavy (non-hydrogen) atoms. The van der Waals surface area contributed by atoms with Crippen LogP contribution in [-0.4, -0.2) is 22.1 Å². The lowest BCUT2D eigenvalue weighted by Crippen LogP contribution is -2.11. The molecule has 0 aliphatic rings. The third kappa shape index (κ3) is 4.04. The fraction of sp³-hybridized carbons (Fsp3) is 0.385. The minimum Gasteiger partial charge on any atom is -0.338 e. The summed E-state index contributed by atoms with van der Waals surface area (Å²) >= 11 is 1.72. The van der Waals surface area contributed by atoms with Gasteiger partial charge in [-0.15, -0.1) is 0 Å². The van der Waals surface area contributed by atoms with Crippen molar-refractivity contribution in [3.8, 4) is 0 Å². The van der Waals surface area contributed by atoms with E-state index in [1.54, 1.807) is 17.8 Å². The molecule has 1 aromatic heterocycles. The largest absolute Gasteiger partial charge is 0.338 e. The number of rotatable bonds is 6. The highest BCUT2D eigenvalue weighted by atomic mass is 32.2. The number of nitrogens with zero attached hydrogens (tertiary/aromatic N) is 2. The first-order chi connectivity index (χ1) is 9.19. The molecule has 2 N–H and O–H groups in total. The average molecular weight is 281 g/mol. The first-order valence-electron chi connectivity index (χ1n) is 6.00. The van der Waals surface area contributed by atoms with Crippen molar-refractivity contribution in [2.75, 3.05) is 12.0 Å². The molecule has 0 fully saturated rings. The Hall–Kier alpha value is -1.40. The molecule has 1 unspecified atom stereocenters. The zero-order chi connectivity index (χ0) is 13.7. The van der Waals surface area contributed by atoms with Gasteiger partial charge in [0.15, 0.2) is 5.82 Å². The smallest absolute Gasteiger partial charge is 0.243 e. The minimum absolute atomic E-state index is 0.235. The van der Waals surface area contributed by atoms with Crippen LogP contribution in [0.2, 0.25) is 0 Å². The minimum atomic E-state index is -0.266. The van der Waals surface area contributed by atoms with Crippen molar-refractivity contribution in [1.29, 1.82) is 0 Å². The van der Waals surface area contributed by atoms with E-state index < -0.39 is 0 Å². The van der Waals surface area contributed by atoms with Crippen LogP contribution in [-0.2, 0) is 6.42 Å². The van der Waals surface area contributed by atoms with Crippen LogP contribution in [0, 0.1) is 5.82 Å². The molecule has 0 radical (unpaired) electrons. The summed E-state index contributed by atoms with van der Waals surface area (Å²) in [6.45, 7) is 0. The Bertz CT molecular complexity index is 532. The lowest BCUT2D eigenvalue weighted by Gasteiger charge is -2.03. The van der Waals surface area contributed by atoms with Crippen molar-refractivity contribution in [2.24, 2.45) is 5.73 Å². The summed E-state index contributed by atoms with van der Waals surface area (Å²) < 4.78 is 18.2. The maximum atomic E-state index is 13.1. The molecule has 0 spiro atoms. The van der Waals surface area contributed by atoms with E-state index in [0.717, 1.165) is 17.7 Å². The predicted molar refractivity (Wildman–Crippen MR) is 73.4 cm³/mol. The van der Waals surface area contributed by atoms with Crippen molar-refractivity contribution in [3.63, 3.8) is 0 Å². The van der Waals surface area contributed by atoms with Gasteiger partial charge >= 0.3 is 0 Å². The van der Waals surface area contributed by atoms with Gasteiger partial charge in [-0.3, -0.25) is 0 Å². The number of hydrogen-bond acceptors (Lipinski definition) is 5. The predicted octanol–water partition coefficient (Wildman–Crippen LogP) is 2.55. The van der Waals surface area contributed by atoms with Crippen LogP contribution >= 0.6 is 11.8 Å². The quantitative estimate of drug-likeness (QED) is 0.881. The van der Waals surface area contributed by atoms with Gasteiger partial charge < -0.3 is 10.3 Å². The third-order valence-corrected chi connectivity index (χ3v) is 3.33. The third-order valence-electron chi connectivity index (χ3n) is 2.69. The second-order valence-electron chi connectivity index (χ2n) is 4.24. The highest BCUT2D eigenvalue weighted by molar-refractivity contribution is 7.98. The standard InChI is InChI=1S/C13H16FN3OS/c1-19-6-5-11(15)13-16-12(17-18-13)8-9-3-2-4-10(14)7-9/h2-4,7,11H,5-6,8,15H2,1H3. The van der Waals surface area contributed by atoms with E-state index >= 15 is 0 Å². The zero-order valence-corrected chi connectivity index (χ0v) is 11.5. The Morgan fingerprint density at radius 2 is 2.32 bits per heavy atom. The van der Waals surface area contributed by atoms with Gasteiger partial charge in [-0.1, -0.05) is 17.3 Å². The van der Waals surface area contributed by atoms with Crippen LogP contribution in [0.15, 0.2) is 28.8 Å². The molecule has 0 saturated heterocycles. The fourth-order valence-electron chi connectivity index (χ4n) is 1.69. The lowest BCUT2D eigenvalue weighted by atomic mass is 10.1. The molecule has 102 valence electrons. The number of hydrogen-bond donors (Lipinski definition) is 1. The molecule has 6 heteroatoms. The Kier molecular flexibility index (Phi) is 4.93. The van der Waals surface area contributed by atoms with Crippen molar-refractivity contribution in [1.82, 2.24) is 10.1 Å². The molecule has 0 amide bonds. The fourth-order valence-corrected chi connectivity index (χ4v) is 2.18. The van der Waals surface area contributed by atoms with Gasteiger partial charge in [-0.25, -0.2) is 4.39 Å². The van der Waals surface area contributed by atoms with Gasteiger partial charge in [0, 0.05) is 6.42 Å². The van der Waals surface area contributed by atoms with Gasteiger partial charge in [-0.2, -0.15) is 16.7 Å². The van der Waals surface area contributed by atoms with Crippen LogP contribution in [0.5, 0.6) is 0 Å². The van der Waals surface area contributed by atoms with Crippen molar-refractivity contribution in [2.45, 2.75) is 18.9 Å². The number of thioether (sulfide) groups is 1. The first kappa shape index (κ1) is 14.0. The Labute approximate surface area is 115 Å². The maximum absolute atomic E-state index is 13.1. The average Bonchev–Trinajstić information content (AvgIpc) is 2.84. The molecule has 0 saturated carbocycles. The van der Waals surface area contributed by atoms with Crippen molar-refractivity contribution in [3.05, 3.63) is 47.4 Å². The molecular weight excluding hydrogens is 265 g/mol. The molecule has 2 rings (SSSR count). The first-order valence-corrected chi connectivity index (χ1v) is 7.40. The molecule has 0 aliphatic carbocycles. The van der Waals surface area contributed by atoms with Gasteiger partial charge in [0.05, 0.1) is 6.04 Å². The van der Waals surface area contributed by atoms with E-state index in [-0.39, 0.29) is 11.9 Å². The van der Waals surface area contributed by atoms with E-state index in [0.29, 0.717) is 18.1 Å². The topological polar surface area (TPSA) is 64.9 Å². The second kappa shape index (κ2) is 6.68. The molecule has 1 atom stereocenters. The monoisotopic (exact) mass is 281 g/mol. The van der Waals surface area contributed by atoms with Crippen molar-refractivity contribution >= 4 is 11.8 Å². The molecule has 1 aromatic carbocycles. The van der Waals surface area contributed by atoms with Crippen LogP contribution in [0.25, 0.3) is 0 Å². The van der Waals surface area contributed by atoms with E-state index in [1.165, 1.54) is 12.1 Å². The van der Waals surface area contributed by atoms with Gasteiger partial charge in [0.2, 0.25) is 5.89 Å². The Morgan fingerprint density at radius 3 is 3.05 bits per heavy atom. The molecular formula is C13H16FN3OS. The number of halogens is 1. The molecule has 0 aliphatic heterocycles. The zero-order valence-electron chi connectivity index (χ0n) is 10.7. The SMILES string of the molecule is CSCCC(N)c1nc(Cc2cccc(F)c2)no1. The van der Waals surface area contributed by atoms with Gasteiger partial charge in [0.25, 0.3) is 0 Å². The summed E-state index contributed by atoms with van der Waals surface area (Å²) in [6, 6.07) is 6.12. The molecule has 1 heterocycles. The summed E-state index contributed by atoms with van der Waals surface area (Å²) in [4.78, 5) is 4.25. The summed E-state index contributed by atoms with van der Waals surface area (Å²) in [5.74, 6) is 1.65. The van der Waals surface area contributed by atoms with E-state index in [2.05, 4.69) is 10.1 Å². The van der Waals surface area contributed by atoms with E-state index in [1.807, 2.05) is 12.3 Å². The Morgan fingerprint density at radius 1 is 1.47 bits per heavy atom. The molecule has 4 nitrogen and oxygen atoms in total.